The van der Waals surface area contributed by atoms with E-state index in [1.165, 1.54) is 25.7 Å². The predicted octanol–water partition coefficient (Wildman–Crippen LogP) is 2.04. The van der Waals surface area contributed by atoms with Gasteiger partial charge in [0.15, 0.2) is 0 Å². The number of hydrogen-bond acceptors (Lipinski definition) is 4. The Hall–Kier alpha value is -0.850. The highest BCUT2D eigenvalue weighted by atomic mass is 35.5. The van der Waals surface area contributed by atoms with Gasteiger partial charge in [0.25, 0.3) is 0 Å². The minimum Gasteiger partial charge on any atom is -0.356 e. The first kappa shape index (κ1) is 21.2. The van der Waals surface area contributed by atoms with Crippen molar-refractivity contribution in [1.82, 2.24) is 25.4 Å². The van der Waals surface area contributed by atoms with Crippen LogP contribution in [0.15, 0.2) is 0 Å². The first-order valence-electron chi connectivity index (χ1n) is 8.74. The van der Waals surface area contributed by atoms with Crippen molar-refractivity contribution in [3.63, 3.8) is 0 Å². The van der Waals surface area contributed by atoms with Crippen LogP contribution >= 0.6 is 24.8 Å². The highest BCUT2D eigenvalue weighted by Gasteiger charge is 2.17. The molecule has 0 saturated carbocycles. The Labute approximate surface area is 156 Å². The van der Waals surface area contributed by atoms with Crippen LogP contribution in [0.3, 0.4) is 0 Å². The predicted molar refractivity (Wildman–Crippen MR) is 99.0 cm³/mol. The summed E-state index contributed by atoms with van der Waals surface area (Å²) in [6, 6.07) is 0.382. The number of aromatic nitrogens is 3. The molecule has 8 heteroatoms. The number of halogens is 2. The molecule has 2 N–H and O–H groups in total. The number of amides is 1. The minimum absolute atomic E-state index is 0. The quantitative estimate of drug-likeness (QED) is 0.744. The van der Waals surface area contributed by atoms with Crippen LogP contribution in [0.1, 0.15) is 56.6 Å². The lowest BCUT2D eigenvalue weighted by molar-refractivity contribution is -0.121. The number of hydrogen-bond donors (Lipinski definition) is 2. The molecule has 138 valence electrons. The first-order valence-corrected chi connectivity index (χ1v) is 8.74. The van der Waals surface area contributed by atoms with Crippen molar-refractivity contribution in [2.45, 2.75) is 70.4 Å². The van der Waals surface area contributed by atoms with Gasteiger partial charge in [0.05, 0.1) is 0 Å². The van der Waals surface area contributed by atoms with Gasteiger partial charge in [0.1, 0.15) is 11.6 Å². The Balaban J connectivity index is 0.00000144. The van der Waals surface area contributed by atoms with E-state index < -0.39 is 0 Å². The topological polar surface area (TPSA) is 71.8 Å². The minimum atomic E-state index is 0. The zero-order chi connectivity index (χ0) is 15.2. The monoisotopic (exact) mass is 377 g/mol. The lowest BCUT2D eigenvalue weighted by atomic mass is 10.1. The Bertz CT molecular complexity index is 503. The third-order valence-corrected chi connectivity index (χ3v) is 4.68. The molecule has 3 heterocycles. The molecule has 1 fully saturated rings. The number of rotatable bonds is 6. The van der Waals surface area contributed by atoms with Crippen LogP contribution in [-0.4, -0.2) is 39.8 Å². The number of fused-ring (bicyclic) bond motifs is 1. The summed E-state index contributed by atoms with van der Waals surface area (Å²) in [5, 5.41) is 15.0. The second-order valence-electron chi connectivity index (χ2n) is 6.45. The van der Waals surface area contributed by atoms with Gasteiger partial charge in [0, 0.05) is 38.4 Å². The van der Waals surface area contributed by atoms with Gasteiger partial charge in [-0.1, -0.05) is 6.42 Å². The second kappa shape index (κ2) is 10.9. The normalized spacial score (nSPS) is 19.6. The SMILES string of the molecule is Cl.Cl.O=C(CC1CCCN1)NCCCc1nnc2n1CCCCC2. The molecule has 0 aliphatic carbocycles. The summed E-state index contributed by atoms with van der Waals surface area (Å²) in [4.78, 5) is 11.9. The standard InChI is InChI=1S/C16H27N5O.2ClH/c22-16(12-13-6-4-9-17-13)18-10-5-8-15-20-19-14-7-2-1-3-11-21(14)15;;/h13,17H,1-12H2,(H,18,22);2*1H. The molecular weight excluding hydrogens is 349 g/mol. The van der Waals surface area contributed by atoms with Crippen molar-refractivity contribution < 1.29 is 4.79 Å². The first-order chi connectivity index (χ1) is 10.8. The fourth-order valence-electron chi connectivity index (χ4n) is 3.43. The van der Waals surface area contributed by atoms with Crippen molar-refractivity contribution in [2.24, 2.45) is 0 Å². The average molecular weight is 378 g/mol. The molecule has 1 unspecified atom stereocenters. The number of carbonyl (C=O) groups excluding carboxylic acids is 1. The van der Waals surface area contributed by atoms with Gasteiger partial charge in [-0.05, 0) is 38.6 Å². The molecule has 0 aromatic carbocycles. The Kier molecular flexibility index (Phi) is 9.63. The summed E-state index contributed by atoms with van der Waals surface area (Å²) in [7, 11) is 0. The van der Waals surface area contributed by atoms with E-state index in [1.807, 2.05) is 0 Å². The molecule has 24 heavy (non-hydrogen) atoms. The van der Waals surface area contributed by atoms with Crippen molar-refractivity contribution in [1.29, 1.82) is 0 Å². The van der Waals surface area contributed by atoms with Crippen LogP contribution in [0, 0.1) is 0 Å². The molecular formula is C16H29Cl2N5O. The number of nitrogens with zero attached hydrogens (tertiary/aromatic N) is 3. The van der Waals surface area contributed by atoms with Gasteiger partial charge >= 0.3 is 0 Å². The molecule has 1 saturated heterocycles. The van der Waals surface area contributed by atoms with E-state index in [0.717, 1.165) is 57.0 Å². The van der Waals surface area contributed by atoms with E-state index in [9.17, 15) is 4.79 Å². The maximum absolute atomic E-state index is 11.9. The molecule has 6 nitrogen and oxygen atoms in total. The summed E-state index contributed by atoms with van der Waals surface area (Å²) < 4.78 is 2.29. The third kappa shape index (κ3) is 5.90. The van der Waals surface area contributed by atoms with Crippen LogP contribution in [0.5, 0.6) is 0 Å². The van der Waals surface area contributed by atoms with Crippen LogP contribution in [0.4, 0.5) is 0 Å². The van der Waals surface area contributed by atoms with E-state index in [4.69, 9.17) is 0 Å². The molecule has 1 aromatic heterocycles. The lowest BCUT2D eigenvalue weighted by Gasteiger charge is -2.10. The Morgan fingerprint density at radius 1 is 1.21 bits per heavy atom. The molecule has 0 bridgehead atoms. The summed E-state index contributed by atoms with van der Waals surface area (Å²) in [5.74, 6) is 2.40. The summed E-state index contributed by atoms with van der Waals surface area (Å²) >= 11 is 0. The average Bonchev–Trinajstić information content (AvgIpc) is 3.08. The lowest BCUT2D eigenvalue weighted by Crippen LogP contribution is -2.32. The van der Waals surface area contributed by atoms with Crippen LogP contribution in [0.25, 0.3) is 0 Å². The fourth-order valence-corrected chi connectivity index (χ4v) is 3.43. The van der Waals surface area contributed by atoms with E-state index in [-0.39, 0.29) is 30.7 Å². The zero-order valence-electron chi connectivity index (χ0n) is 14.1. The summed E-state index contributed by atoms with van der Waals surface area (Å²) in [6.45, 7) is 2.83. The van der Waals surface area contributed by atoms with Crippen molar-refractivity contribution >= 4 is 30.7 Å². The molecule has 2 aliphatic heterocycles. The Morgan fingerprint density at radius 2 is 2.08 bits per heavy atom. The van der Waals surface area contributed by atoms with Crippen LogP contribution < -0.4 is 10.6 Å². The maximum Gasteiger partial charge on any atom is 0.221 e. The van der Waals surface area contributed by atoms with E-state index in [1.54, 1.807) is 0 Å². The molecule has 2 aliphatic rings. The van der Waals surface area contributed by atoms with Gasteiger partial charge in [0.2, 0.25) is 5.91 Å². The van der Waals surface area contributed by atoms with E-state index in [0.29, 0.717) is 12.5 Å². The van der Waals surface area contributed by atoms with E-state index >= 15 is 0 Å². The number of aryl methyl sites for hydroxylation is 2. The maximum atomic E-state index is 11.9. The van der Waals surface area contributed by atoms with Gasteiger partial charge in [-0.25, -0.2) is 0 Å². The highest BCUT2D eigenvalue weighted by molar-refractivity contribution is 5.85. The molecule has 0 radical (unpaired) electrons. The molecule has 1 amide bonds. The molecule has 1 atom stereocenters. The van der Waals surface area contributed by atoms with Crippen molar-refractivity contribution in [3.8, 4) is 0 Å². The van der Waals surface area contributed by atoms with E-state index in [2.05, 4.69) is 25.4 Å². The van der Waals surface area contributed by atoms with Gasteiger partial charge in [-0.2, -0.15) is 0 Å². The molecule has 1 aromatic rings. The zero-order valence-corrected chi connectivity index (χ0v) is 15.8. The smallest absolute Gasteiger partial charge is 0.221 e. The highest BCUT2D eigenvalue weighted by Crippen LogP contribution is 2.15. The van der Waals surface area contributed by atoms with Gasteiger partial charge < -0.3 is 15.2 Å². The summed E-state index contributed by atoms with van der Waals surface area (Å²) in [6.07, 6.45) is 9.55. The van der Waals surface area contributed by atoms with Gasteiger partial charge in [-0.15, -0.1) is 35.0 Å². The van der Waals surface area contributed by atoms with Crippen LogP contribution in [-0.2, 0) is 24.2 Å². The third-order valence-electron chi connectivity index (χ3n) is 4.68. The largest absolute Gasteiger partial charge is 0.356 e. The summed E-state index contributed by atoms with van der Waals surface area (Å²) in [5.41, 5.74) is 0. The van der Waals surface area contributed by atoms with Crippen molar-refractivity contribution in [3.05, 3.63) is 11.6 Å². The second-order valence-corrected chi connectivity index (χ2v) is 6.45. The van der Waals surface area contributed by atoms with Gasteiger partial charge in [-0.3, -0.25) is 4.79 Å². The van der Waals surface area contributed by atoms with Crippen LogP contribution in [0.2, 0.25) is 0 Å². The molecule has 3 rings (SSSR count). The fraction of sp³-hybridized carbons (Fsp3) is 0.812. The molecule has 0 spiro atoms. The number of nitrogens with one attached hydrogen (secondary N) is 2. The van der Waals surface area contributed by atoms with Crippen molar-refractivity contribution in [2.75, 3.05) is 13.1 Å². The Morgan fingerprint density at radius 3 is 2.88 bits per heavy atom. The number of carbonyl (C=O) groups is 1.